The average molecular weight is 494 g/mol. The van der Waals surface area contributed by atoms with Gasteiger partial charge in [0.25, 0.3) is 5.56 Å². The molecule has 0 unspecified atom stereocenters. The number of pyridine rings is 2. The Morgan fingerprint density at radius 1 is 1.14 bits per heavy atom. The molecule has 2 fully saturated rings. The molecular formula is C24H30F3N5O3. The number of amides is 1. The molecule has 0 radical (unpaired) electrons. The normalized spacial score (nSPS) is 22.7. The second kappa shape index (κ2) is 11.1. The van der Waals surface area contributed by atoms with E-state index >= 15 is 0 Å². The van der Waals surface area contributed by atoms with Gasteiger partial charge < -0.3 is 25.3 Å². The van der Waals surface area contributed by atoms with Crippen molar-refractivity contribution in [2.24, 2.45) is 0 Å². The molecule has 8 nitrogen and oxygen atoms in total. The molecule has 4 rings (SSSR count). The molecule has 0 bridgehead atoms. The quantitative estimate of drug-likeness (QED) is 0.522. The number of alkyl halides is 3. The van der Waals surface area contributed by atoms with Gasteiger partial charge in [-0.2, -0.15) is 13.2 Å². The van der Waals surface area contributed by atoms with Crippen LogP contribution in [0.1, 0.15) is 44.1 Å². The van der Waals surface area contributed by atoms with Gasteiger partial charge in [0.2, 0.25) is 5.91 Å². The largest absolute Gasteiger partial charge is 0.423 e. The summed E-state index contributed by atoms with van der Waals surface area (Å²) in [7, 11) is 0. The van der Waals surface area contributed by atoms with Gasteiger partial charge in [-0.05, 0) is 56.7 Å². The molecule has 35 heavy (non-hydrogen) atoms. The van der Waals surface area contributed by atoms with Gasteiger partial charge in [-0.25, -0.2) is 4.98 Å². The maximum absolute atomic E-state index is 13.5. The molecular weight excluding hydrogens is 463 g/mol. The summed E-state index contributed by atoms with van der Waals surface area (Å²) in [5.41, 5.74) is -2.50. The minimum absolute atomic E-state index is 0.0706. The highest BCUT2D eigenvalue weighted by Gasteiger charge is 2.40. The Morgan fingerprint density at radius 2 is 1.91 bits per heavy atom. The third-order valence-electron chi connectivity index (χ3n) is 6.56. The third kappa shape index (κ3) is 6.53. The number of halogens is 3. The van der Waals surface area contributed by atoms with Crippen LogP contribution >= 0.6 is 0 Å². The van der Waals surface area contributed by atoms with Crippen LogP contribution in [0.15, 0.2) is 41.5 Å². The zero-order chi connectivity index (χ0) is 24.8. The fraction of sp³-hybridized carbons (Fsp3) is 0.542. The lowest BCUT2D eigenvalue weighted by atomic mass is 9.91. The van der Waals surface area contributed by atoms with Gasteiger partial charge in [-0.1, -0.05) is 6.07 Å². The predicted molar refractivity (Wildman–Crippen MR) is 125 cm³/mol. The van der Waals surface area contributed by atoms with Crippen LogP contribution in [0.5, 0.6) is 0 Å². The first kappa shape index (κ1) is 25.0. The maximum atomic E-state index is 13.5. The number of nitrogens with zero attached hydrogens (tertiary/aromatic N) is 2. The van der Waals surface area contributed by atoms with Gasteiger partial charge in [0.15, 0.2) is 0 Å². The van der Waals surface area contributed by atoms with Crippen molar-refractivity contribution < 1.29 is 22.7 Å². The monoisotopic (exact) mass is 493 g/mol. The number of hydrogen-bond donors (Lipinski definition) is 3. The summed E-state index contributed by atoms with van der Waals surface area (Å²) in [6, 6.07) is 7.05. The lowest BCUT2D eigenvalue weighted by Gasteiger charge is -2.30. The molecule has 11 heteroatoms. The van der Waals surface area contributed by atoms with Crippen LogP contribution in [0.3, 0.4) is 0 Å². The third-order valence-corrected chi connectivity index (χ3v) is 6.56. The van der Waals surface area contributed by atoms with E-state index < -0.39 is 17.3 Å². The number of nitrogens with one attached hydrogen (secondary N) is 3. The van der Waals surface area contributed by atoms with E-state index in [1.165, 1.54) is 12.3 Å². The SMILES string of the molecule is O=C(COC[C@@H]1CCCN1c1cc[nH]c(=O)c1C(F)(F)F)N[C@H]1CC[C@H](Nc2ccccn2)CC1. The van der Waals surface area contributed by atoms with E-state index in [1.54, 1.807) is 11.1 Å². The second-order valence-corrected chi connectivity index (χ2v) is 9.04. The van der Waals surface area contributed by atoms with Crippen LogP contribution in [0, 0.1) is 0 Å². The van der Waals surface area contributed by atoms with Gasteiger partial charge in [-0.3, -0.25) is 9.59 Å². The van der Waals surface area contributed by atoms with Crippen molar-refractivity contribution in [2.45, 2.75) is 62.8 Å². The van der Waals surface area contributed by atoms with Crippen molar-refractivity contribution >= 4 is 17.4 Å². The molecule has 2 aromatic heterocycles. The molecule has 1 aliphatic heterocycles. The number of anilines is 2. The van der Waals surface area contributed by atoms with Crippen LogP contribution < -0.4 is 21.1 Å². The molecule has 1 amide bonds. The Balaban J connectivity index is 1.22. The second-order valence-electron chi connectivity index (χ2n) is 9.04. The summed E-state index contributed by atoms with van der Waals surface area (Å²) in [6.45, 7) is 0.346. The molecule has 1 atom stereocenters. The van der Waals surface area contributed by atoms with E-state index in [0.29, 0.717) is 25.4 Å². The van der Waals surface area contributed by atoms with Crippen molar-refractivity contribution in [3.8, 4) is 0 Å². The molecule has 1 saturated heterocycles. The van der Waals surface area contributed by atoms with Crippen LogP contribution in [-0.2, 0) is 15.7 Å². The topological polar surface area (TPSA) is 99.3 Å². The highest BCUT2D eigenvalue weighted by Crippen LogP contribution is 2.36. The zero-order valence-corrected chi connectivity index (χ0v) is 19.3. The number of H-pyrrole nitrogens is 1. The number of carbonyl (C=O) groups is 1. The Labute approximate surface area is 201 Å². The molecule has 2 aromatic rings. The lowest BCUT2D eigenvalue weighted by molar-refractivity contribution is -0.138. The van der Waals surface area contributed by atoms with E-state index in [0.717, 1.165) is 31.5 Å². The van der Waals surface area contributed by atoms with Crippen LogP contribution in [0.25, 0.3) is 0 Å². The van der Waals surface area contributed by atoms with Crippen molar-refractivity contribution in [3.63, 3.8) is 0 Å². The molecule has 3 N–H and O–H groups in total. The van der Waals surface area contributed by atoms with Crippen molar-refractivity contribution in [2.75, 3.05) is 30.0 Å². The van der Waals surface area contributed by atoms with Crippen molar-refractivity contribution in [3.05, 3.63) is 52.6 Å². The number of ether oxygens (including phenoxy) is 1. The molecule has 1 aliphatic carbocycles. The highest BCUT2D eigenvalue weighted by molar-refractivity contribution is 5.77. The van der Waals surface area contributed by atoms with Crippen molar-refractivity contribution in [1.29, 1.82) is 0 Å². The summed E-state index contributed by atoms with van der Waals surface area (Å²) < 4.78 is 46.0. The average Bonchev–Trinajstić information content (AvgIpc) is 3.28. The van der Waals surface area contributed by atoms with Gasteiger partial charge in [-0.15, -0.1) is 0 Å². The Morgan fingerprint density at radius 3 is 2.63 bits per heavy atom. The summed E-state index contributed by atoms with van der Waals surface area (Å²) in [5, 5.41) is 6.40. The van der Waals surface area contributed by atoms with E-state index in [9.17, 15) is 22.8 Å². The van der Waals surface area contributed by atoms with Gasteiger partial charge in [0.05, 0.1) is 18.3 Å². The zero-order valence-electron chi connectivity index (χ0n) is 19.3. The highest BCUT2D eigenvalue weighted by atomic mass is 19.4. The summed E-state index contributed by atoms with van der Waals surface area (Å²) in [4.78, 5) is 32.2. The summed E-state index contributed by atoms with van der Waals surface area (Å²) in [5.74, 6) is 0.611. The molecule has 0 spiro atoms. The van der Waals surface area contributed by atoms with E-state index in [2.05, 4.69) is 20.6 Å². The summed E-state index contributed by atoms with van der Waals surface area (Å²) in [6.07, 6.45) is 3.02. The maximum Gasteiger partial charge on any atom is 0.423 e. The molecule has 0 aromatic carbocycles. The number of rotatable bonds is 8. The predicted octanol–water partition coefficient (Wildman–Crippen LogP) is 3.31. The van der Waals surface area contributed by atoms with Gasteiger partial charge in [0.1, 0.15) is 18.0 Å². The molecule has 1 saturated carbocycles. The standard InChI is InChI=1S/C24H30F3N5O3/c25-24(26,27)22-19(10-12-29-23(22)34)32-13-3-4-18(32)14-35-15-21(33)31-17-8-6-16(7-9-17)30-20-5-1-2-11-28-20/h1-2,5,10-12,16-18H,3-4,6-9,13-15H2,(H,28,30)(H,29,34)(H,31,33)/t16-,17-,18-/m0/s1. The van der Waals surface area contributed by atoms with E-state index in [4.69, 9.17) is 4.74 Å². The Bertz CT molecular complexity index is 1040. The smallest absolute Gasteiger partial charge is 0.370 e. The first-order chi connectivity index (χ1) is 16.8. The minimum atomic E-state index is -4.76. The lowest BCUT2D eigenvalue weighted by Crippen LogP contribution is -2.42. The van der Waals surface area contributed by atoms with Crippen LogP contribution in [0.2, 0.25) is 0 Å². The van der Waals surface area contributed by atoms with E-state index in [1.807, 2.05) is 18.2 Å². The Hall–Kier alpha value is -3.08. The minimum Gasteiger partial charge on any atom is -0.370 e. The number of aromatic nitrogens is 2. The van der Waals surface area contributed by atoms with Crippen molar-refractivity contribution in [1.82, 2.24) is 15.3 Å². The van der Waals surface area contributed by atoms with Gasteiger partial charge in [0, 0.05) is 31.0 Å². The van der Waals surface area contributed by atoms with Crippen LogP contribution in [0.4, 0.5) is 24.7 Å². The number of aromatic amines is 1. The fourth-order valence-corrected chi connectivity index (χ4v) is 4.90. The first-order valence-corrected chi connectivity index (χ1v) is 11.9. The number of carbonyl (C=O) groups excluding carboxylic acids is 1. The van der Waals surface area contributed by atoms with Crippen LogP contribution in [-0.4, -0.2) is 53.8 Å². The Kier molecular flexibility index (Phi) is 7.94. The number of hydrogen-bond acceptors (Lipinski definition) is 6. The molecule has 2 aliphatic rings. The van der Waals surface area contributed by atoms with E-state index in [-0.39, 0.29) is 36.9 Å². The first-order valence-electron chi connectivity index (χ1n) is 11.9. The summed E-state index contributed by atoms with van der Waals surface area (Å²) >= 11 is 0. The fourth-order valence-electron chi connectivity index (χ4n) is 4.90. The molecule has 190 valence electrons. The molecule has 3 heterocycles. The van der Waals surface area contributed by atoms with Gasteiger partial charge >= 0.3 is 6.18 Å².